The summed E-state index contributed by atoms with van der Waals surface area (Å²) in [6.07, 6.45) is 0. The fraction of sp³-hybridized carbons (Fsp3) is 0.231. The third-order valence-corrected chi connectivity index (χ3v) is 5.15. The van der Waals surface area contributed by atoms with Gasteiger partial charge in [-0.2, -0.15) is 28.3 Å². The fourth-order valence-corrected chi connectivity index (χ4v) is 3.25. The van der Waals surface area contributed by atoms with Crippen LogP contribution in [0.5, 0.6) is 0 Å². The van der Waals surface area contributed by atoms with E-state index < -0.39 is 17.5 Å². The maximum atomic E-state index is 13.2. The van der Waals surface area contributed by atoms with Gasteiger partial charge >= 0.3 is 41.9 Å². The van der Waals surface area contributed by atoms with Gasteiger partial charge < -0.3 is 0 Å². The molecule has 0 aromatic heterocycles. The van der Waals surface area contributed by atoms with Crippen LogP contribution in [0, 0.1) is 45.1 Å². The average molecular weight is 516 g/mol. The number of rotatable bonds is 1. The van der Waals surface area contributed by atoms with E-state index in [2.05, 4.69) is 46.9 Å². The Bertz CT molecular complexity index is 1150. The van der Waals surface area contributed by atoms with Gasteiger partial charge in [-0.15, -0.1) is 46.7 Å². The number of fused-ring (bicyclic) bond motifs is 1. The second-order valence-corrected chi connectivity index (χ2v) is 17.2. The minimum atomic E-state index is -1.44. The molecule has 0 N–H and O–H groups in total. The molecule has 4 rings (SSSR count). The van der Waals surface area contributed by atoms with Gasteiger partial charge in [0.05, 0.1) is 0 Å². The van der Waals surface area contributed by atoms with Gasteiger partial charge in [0, 0.05) is 0 Å². The molecule has 0 saturated carbocycles. The molecule has 0 amide bonds. The summed E-state index contributed by atoms with van der Waals surface area (Å²) in [4.78, 5) is 0. The van der Waals surface area contributed by atoms with E-state index in [-0.39, 0.29) is 5.43 Å². The van der Waals surface area contributed by atoms with Crippen LogP contribution in [-0.2, 0) is 23.3 Å². The third-order valence-electron chi connectivity index (χ3n) is 5.15. The van der Waals surface area contributed by atoms with E-state index in [0.29, 0.717) is 11.1 Å². The Morgan fingerprint density at radius 3 is 1.77 bits per heavy atom. The second-order valence-electron chi connectivity index (χ2n) is 7.85. The number of hydrogen-bond acceptors (Lipinski definition) is 0. The summed E-state index contributed by atoms with van der Waals surface area (Å²) < 4.78 is 39.4. The third kappa shape index (κ3) is 6.63. The molecule has 0 bridgehead atoms. The smallest absolute Gasteiger partial charge is 0.194 e. The summed E-state index contributed by atoms with van der Waals surface area (Å²) in [5.41, 5.74) is 6.99. The summed E-state index contributed by atoms with van der Waals surface area (Å²) >= 11 is 1.74. The van der Waals surface area contributed by atoms with Crippen LogP contribution in [0.4, 0.5) is 13.2 Å². The van der Waals surface area contributed by atoms with E-state index >= 15 is 0 Å². The SMILES string of the molecule is C[Si](C)=[Zr+2].Cc1[cH-]c(C)c(C)c1C.Fc1cc(-c2c[cH-]c3ccccc23)cc(F)c1F. The molecule has 0 spiro atoms. The van der Waals surface area contributed by atoms with Gasteiger partial charge in [0.2, 0.25) is 0 Å². The first-order chi connectivity index (χ1) is 14.5. The van der Waals surface area contributed by atoms with Crippen molar-refractivity contribution in [2.75, 3.05) is 0 Å². The predicted molar refractivity (Wildman–Crippen MR) is 123 cm³/mol. The van der Waals surface area contributed by atoms with Gasteiger partial charge in [0.1, 0.15) is 0 Å². The van der Waals surface area contributed by atoms with Crippen molar-refractivity contribution >= 4 is 16.2 Å². The Balaban J connectivity index is 0.000000220. The molecule has 0 heterocycles. The van der Waals surface area contributed by atoms with E-state index in [1.54, 1.807) is 29.4 Å². The summed E-state index contributed by atoms with van der Waals surface area (Å²) in [5, 5.41) is 1.88. The van der Waals surface area contributed by atoms with E-state index in [1.165, 1.54) is 22.3 Å². The molecule has 31 heavy (non-hydrogen) atoms. The van der Waals surface area contributed by atoms with Gasteiger partial charge in [0.15, 0.2) is 17.5 Å². The van der Waals surface area contributed by atoms with Crippen molar-refractivity contribution in [1.82, 2.24) is 0 Å². The van der Waals surface area contributed by atoms with Crippen molar-refractivity contribution in [3.05, 3.63) is 94.3 Å². The van der Waals surface area contributed by atoms with Gasteiger partial charge in [0.25, 0.3) is 0 Å². The molecule has 4 aromatic rings. The summed E-state index contributed by atoms with van der Waals surface area (Å²) in [7, 11) is 0. The Labute approximate surface area is 198 Å². The summed E-state index contributed by atoms with van der Waals surface area (Å²) in [5.74, 6) is -3.78. The summed E-state index contributed by atoms with van der Waals surface area (Å²) in [6, 6.07) is 15.4. The van der Waals surface area contributed by atoms with Gasteiger partial charge in [-0.05, 0) is 12.1 Å². The molecule has 0 aliphatic rings. The van der Waals surface area contributed by atoms with Gasteiger partial charge in [-0.25, -0.2) is 13.2 Å². The molecule has 4 aromatic carbocycles. The van der Waals surface area contributed by atoms with Crippen LogP contribution in [0.1, 0.15) is 22.3 Å². The maximum absolute atomic E-state index is 13.2. The molecular weight excluding hydrogens is 489 g/mol. The Morgan fingerprint density at radius 2 is 1.32 bits per heavy atom. The number of benzene rings is 2. The molecule has 0 unspecified atom stereocenters. The quantitative estimate of drug-likeness (QED) is 0.137. The van der Waals surface area contributed by atoms with Crippen molar-refractivity contribution in [3.8, 4) is 11.1 Å². The first-order valence-electron chi connectivity index (χ1n) is 10.0. The largest absolute Gasteiger partial charge is 0.204 e. The zero-order chi connectivity index (χ0) is 23.3. The normalized spacial score (nSPS) is 10.3. The molecule has 0 radical (unpaired) electrons. The van der Waals surface area contributed by atoms with Gasteiger partial charge in [-0.3, -0.25) is 0 Å². The summed E-state index contributed by atoms with van der Waals surface area (Å²) in [6.45, 7) is 13.3. The predicted octanol–water partition coefficient (Wildman–Crippen LogP) is 8.07. The number of hydrogen-bond donors (Lipinski definition) is 0. The Kier molecular flexibility index (Phi) is 9.27. The van der Waals surface area contributed by atoms with Crippen LogP contribution >= 0.6 is 0 Å². The fourth-order valence-electron chi connectivity index (χ4n) is 3.25. The van der Waals surface area contributed by atoms with Crippen molar-refractivity contribution in [2.45, 2.75) is 40.8 Å². The van der Waals surface area contributed by atoms with E-state index in [4.69, 9.17) is 0 Å². The Morgan fingerprint density at radius 1 is 0.839 bits per heavy atom. The second kappa shape index (κ2) is 11.2. The molecule has 0 nitrogen and oxygen atoms in total. The van der Waals surface area contributed by atoms with Crippen molar-refractivity contribution < 1.29 is 36.5 Å². The van der Waals surface area contributed by atoms with Crippen molar-refractivity contribution in [1.29, 1.82) is 0 Å². The monoisotopic (exact) mass is 514 g/mol. The van der Waals surface area contributed by atoms with E-state index in [1.807, 2.05) is 30.3 Å². The van der Waals surface area contributed by atoms with Crippen LogP contribution in [0.25, 0.3) is 21.9 Å². The average Bonchev–Trinajstić information content (AvgIpc) is 3.23. The molecule has 160 valence electrons. The Hall–Kier alpha value is -1.71. The molecule has 0 aliphatic heterocycles. The van der Waals surface area contributed by atoms with Crippen LogP contribution in [-0.4, -0.2) is 5.43 Å². The number of halogens is 3. The van der Waals surface area contributed by atoms with Crippen molar-refractivity contribution in [3.63, 3.8) is 0 Å². The molecule has 0 aliphatic carbocycles. The molecule has 0 fully saturated rings. The van der Waals surface area contributed by atoms with Gasteiger partial charge in [-0.1, -0.05) is 39.3 Å². The van der Waals surface area contributed by atoms with Crippen molar-refractivity contribution in [2.24, 2.45) is 0 Å². The van der Waals surface area contributed by atoms with Crippen LogP contribution < -0.4 is 0 Å². The standard InChI is InChI=1S/C15H8F3.C9H13.C2H6Si.Zr/c16-13-7-10(8-14(17)15(13)18)12-6-5-9-3-1-2-4-11(9)12;1-6-5-7(2)9(4)8(6)3;1-3-2;/h1-8H;5H,1-4H3;1-2H3;/q2*-1;;+2. The maximum Gasteiger partial charge on any atom is 0.194 e. The molecule has 5 heteroatoms. The topological polar surface area (TPSA) is 0 Å². The molecule has 0 atom stereocenters. The molecule has 0 saturated heterocycles. The minimum absolute atomic E-state index is 0.210. The number of aryl methyl sites for hydroxylation is 2. The van der Waals surface area contributed by atoms with Crippen LogP contribution in [0.15, 0.2) is 54.6 Å². The first-order valence-corrected chi connectivity index (χ1v) is 16.2. The first kappa shape index (κ1) is 25.5. The van der Waals surface area contributed by atoms with Crippen LogP contribution in [0.3, 0.4) is 0 Å². The minimum Gasteiger partial charge on any atom is -0.204 e. The molecular formula is C26H27F3SiZr. The zero-order valence-corrected chi connectivity index (χ0v) is 22.3. The zero-order valence-electron chi connectivity index (χ0n) is 18.8. The van der Waals surface area contributed by atoms with E-state index in [9.17, 15) is 13.2 Å². The van der Waals surface area contributed by atoms with E-state index in [0.717, 1.165) is 22.9 Å². The van der Waals surface area contributed by atoms with Crippen LogP contribution in [0.2, 0.25) is 13.1 Å².